The van der Waals surface area contributed by atoms with E-state index < -0.39 is 6.04 Å². The molecular weight excluding hydrogens is 240 g/mol. The minimum Gasteiger partial charge on any atom is -0.495 e. The zero-order chi connectivity index (χ0) is 13.0. The third kappa shape index (κ3) is 3.61. The fourth-order valence-corrected chi connectivity index (χ4v) is 1.46. The number of amides is 1. The molecule has 1 amide bonds. The van der Waals surface area contributed by atoms with Crippen LogP contribution in [0.5, 0.6) is 5.75 Å². The van der Waals surface area contributed by atoms with Crippen LogP contribution in [0.15, 0.2) is 18.2 Å². The second kappa shape index (κ2) is 5.89. The molecule has 1 atom stereocenters. The maximum Gasteiger partial charge on any atom is 0.241 e. The summed E-state index contributed by atoms with van der Waals surface area (Å²) < 4.78 is 5.06. The number of rotatable bonds is 4. The van der Waals surface area contributed by atoms with Crippen LogP contribution < -0.4 is 15.8 Å². The van der Waals surface area contributed by atoms with Crippen LogP contribution >= 0.6 is 11.6 Å². The minimum absolute atomic E-state index is 0.0872. The molecule has 0 unspecified atom stereocenters. The maximum absolute atomic E-state index is 11.7. The molecule has 1 aromatic carbocycles. The molecule has 4 nitrogen and oxygen atoms in total. The van der Waals surface area contributed by atoms with Crippen molar-refractivity contribution >= 4 is 23.2 Å². The highest BCUT2D eigenvalue weighted by Gasteiger charge is 2.17. The average molecular weight is 257 g/mol. The first-order chi connectivity index (χ1) is 7.95. The lowest BCUT2D eigenvalue weighted by molar-refractivity contribution is -0.118. The Bertz CT molecular complexity index is 407. The van der Waals surface area contributed by atoms with Crippen LogP contribution in [0.1, 0.15) is 13.8 Å². The quantitative estimate of drug-likeness (QED) is 0.869. The molecule has 0 saturated heterocycles. The number of ether oxygens (including phenoxy) is 1. The predicted octanol–water partition coefficient (Wildman–Crippen LogP) is 2.27. The number of nitrogens with two attached hydrogens (primary N) is 1. The molecular formula is C12H17ClN2O2. The van der Waals surface area contributed by atoms with Crippen LogP contribution in [0.3, 0.4) is 0 Å². The van der Waals surface area contributed by atoms with Gasteiger partial charge in [-0.1, -0.05) is 25.4 Å². The van der Waals surface area contributed by atoms with E-state index in [9.17, 15) is 4.79 Å². The molecule has 0 aliphatic heterocycles. The Morgan fingerprint density at radius 1 is 1.47 bits per heavy atom. The van der Waals surface area contributed by atoms with Gasteiger partial charge >= 0.3 is 0 Å². The summed E-state index contributed by atoms with van der Waals surface area (Å²) in [5, 5.41) is 3.22. The molecule has 94 valence electrons. The summed E-state index contributed by atoms with van der Waals surface area (Å²) in [6, 6.07) is 4.50. The molecule has 0 spiro atoms. The van der Waals surface area contributed by atoms with E-state index in [0.29, 0.717) is 16.5 Å². The lowest BCUT2D eigenvalue weighted by Gasteiger charge is -2.15. The molecule has 0 radical (unpaired) electrons. The van der Waals surface area contributed by atoms with Crippen molar-refractivity contribution in [1.82, 2.24) is 0 Å². The Morgan fingerprint density at radius 3 is 2.65 bits per heavy atom. The predicted molar refractivity (Wildman–Crippen MR) is 69.4 cm³/mol. The summed E-state index contributed by atoms with van der Waals surface area (Å²) in [6.45, 7) is 3.79. The van der Waals surface area contributed by atoms with Gasteiger partial charge in [0, 0.05) is 11.8 Å². The molecule has 0 aliphatic carbocycles. The van der Waals surface area contributed by atoms with Gasteiger partial charge in [-0.3, -0.25) is 4.79 Å². The van der Waals surface area contributed by atoms with Crippen LogP contribution in [0.2, 0.25) is 5.02 Å². The van der Waals surface area contributed by atoms with Gasteiger partial charge in [-0.05, 0) is 18.1 Å². The number of carbonyl (C=O) groups is 1. The van der Waals surface area contributed by atoms with Gasteiger partial charge in [-0.15, -0.1) is 0 Å². The van der Waals surface area contributed by atoms with E-state index in [0.717, 1.165) is 0 Å². The van der Waals surface area contributed by atoms with E-state index in [1.54, 1.807) is 18.2 Å². The summed E-state index contributed by atoms with van der Waals surface area (Å²) in [5.74, 6) is 0.385. The van der Waals surface area contributed by atoms with E-state index in [4.69, 9.17) is 22.1 Å². The van der Waals surface area contributed by atoms with Crippen molar-refractivity contribution in [1.29, 1.82) is 0 Å². The Hall–Kier alpha value is -1.26. The van der Waals surface area contributed by atoms with Crippen molar-refractivity contribution in [2.24, 2.45) is 11.7 Å². The van der Waals surface area contributed by atoms with Gasteiger partial charge in [0.25, 0.3) is 0 Å². The second-order valence-corrected chi connectivity index (χ2v) is 4.52. The normalized spacial score (nSPS) is 12.4. The Morgan fingerprint density at radius 2 is 2.12 bits per heavy atom. The Kier molecular flexibility index (Phi) is 4.78. The highest BCUT2D eigenvalue weighted by Crippen LogP contribution is 2.27. The number of hydrogen-bond donors (Lipinski definition) is 2. The Balaban J connectivity index is 2.78. The lowest BCUT2D eigenvalue weighted by atomic mass is 10.0. The SMILES string of the molecule is COc1cc(NC(=O)[C@@H](N)C(C)C)ccc1Cl. The van der Waals surface area contributed by atoms with Gasteiger partial charge in [0.1, 0.15) is 5.75 Å². The van der Waals surface area contributed by atoms with E-state index in [2.05, 4.69) is 5.32 Å². The van der Waals surface area contributed by atoms with Crippen molar-refractivity contribution in [2.75, 3.05) is 12.4 Å². The third-order valence-electron chi connectivity index (χ3n) is 2.44. The summed E-state index contributed by atoms with van der Waals surface area (Å²) in [6.07, 6.45) is 0. The van der Waals surface area contributed by atoms with E-state index in [1.165, 1.54) is 7.11 Å². The second-order valence-electron chi connectivity index (χ2n) is 4.11. The van der Waals surface area contributed by atoms with Crippen LogP contribution in [0.25, 0.3) is 0 Å². The summed E-state index contributed by atoms with van der Waals surface area (Å²) in [5.41, 5.74) is 6.36. The van der Waals surface area contributed by atoms with Crippen LogP contribution in [0.4, 0.5) is 5.69 Å². The zero-order valence-corrected chi connectivity index (χ0v) is 10.9. The number of hydrogen-bond acceptors (Lipinski definition) is 3. The molecule has 17 heavy (non-hydrogen) atoms. The fraction of sp³-hybridized carbons (Fsp3) is 0.417. The van der Waals surface area contributed by atoms with Gasteiger partial charge in [-0.2, -0.15) is 0 Å². The first-order valence-electron chi connectivity index (χ1n) is 5.35. The highest BCUT2D eigenvalue weighted by atomic mass is 35.5. The van der Waals surface area contributed by atoms with Gasteiger partial charge in [-0.25, -0.2) is 0 Å². The van der Waals surface area contributed by atoms with Gasteiger partial charge < -0.3 is 15.8 Å². The van der Waals surface area contributed by atoms with Gasteiger partial charge in [0.2, 0.25) is 5.91 Å². The summed E-state index contributed by atoms with van der Waals surface area (Å²) in [4.78, 5) is 11.7. The van der Waals surface area contributed by atoms with Crippen molar-refractivity contribution in [3.8, 4) is 5.75 Å². The third-order valence-corrected chi connectivity index (χ3v) is 2.75. The summed E-state index contributed by atoms with van der Waals surface area (Å²) >= 11 is 5.88. The first kappa shape index (κ1) is 13.8. The number of methoxy groups -OCH3 is 1. The molecule has 0 bridgehead atoms. The standard InChI is InChI=1S/C12H17ClN2O2/c1-7(2)11(14)12(16)15-8-4-5-9(13)10(6-8)17-3/h4-7,11H,14H2,1-3H3,(H,15,16)/t11-/m0/s1. The summed E-state index contributed by atoms with van der Waals surface area (Å²) in [7, 11) is 1.52. The maximum atomic E-state index is 11.7. The van der Waals surface area contributed by atoms with Crippen LogP contribution in [-0.4, -0.2) is 19.1 Å². The lowest BCUT2D eigenvalue weighted by Crippen LogP contribution is -2.39. The molecule has 0 aromatic heterocycles. The van der Waals surface area contributed by atoms with E-state index in [1.807, 2.05) is 13.8 Å². The van der Waals surface area contributed by atoms with Crippen LogP contribution in [0, 0.1) is 5.92 Å². The number of benzene rings is 1. The molecule has 1 rings (SSSR count). The molecule has 1 aromatic rings. The highest BCUT2D eigenvalue weighted by molar-refractivity contribution is 6.32. The topological polar surface area (TPSA) is 64.3 Å². The molecule has 0 aliphatic rings. The zero-order valence-electron chi connectivity index (χ0n) is 10.2. The van der Waals surface area contributed by atoms with Gasteiger partial charge in [0.05, 0.1) is 18.2 Å². The number of halogens is 1. The monoisotopic (exact) mass is 256 g/mol. The molecule has 3 N–H and O–H groups in total. The molecule has 5 heteroatoms. The van der Waals surface area contributed by atoms with Gasteiger partial charge in [0.15, 0.2) is 0 Å². The number of nitrogens with one attached hydrogen (secondary N) is 1. The minimum atomic E-state index is -0.531. The van der Waals surface area contributed by atoms with Crippen molar-refractivity contribution in [2.45, 2.75) is 19.9 Å². The molecule has 0 heterocycles. The average Bonchev–Trinajstić information content (AvgIpc) is 2.30. The smallest absolute Gasteiger partial charge is 0.241 e. The first-order valence-corrected chi connectivity index (χ1v) is 5.73. The van der Waals surface area contributed by atoms with Crippen molar-refractivity contribution < 1.29 is 9.53 Å². The van der Waals surface area contributed by atoms with Crippen molar-refractivity contribution in [3.05, 3.63) is 23.2 Å². The van der Waals surface area contributed by atoms with Crippen LogP contribution in [-0.2, 0) is 4.79 Å². The molecule has 0 saturated carbocycles. The Labute approximate surface area is 106 Å². The van der Waals surface area contributed by atoms with E-state index in [-0.39, 0.29) is 11.8 Å². The molecule has 0 fully saturated rings. The van der Waals surface area contributed by atoms with E-state index >= 15 is 0 Å². The number of carbonyl (C=O) groups excluding carboxylic acids is 1. The van der Waals surface area contributed by atoms with Crippen molar-refractivity contribution in [3.63, 3.8) is 0 Å². The number of anilines is 1. The largest absolute Gasteiger partial charge is 0.495 e. The fourth-order valence-electron chi connectivity index (χ4n) is 1.27.